The molecule has 4 rings (SSSR count). The van der Waals surface area contributed by atoms with Gasteiger partial charge < -0.3 is 15.2 Å². The number of carboxylic acids is 1. The van der Waals surface area contributed by atoms with Crippen LogP contribution in [0.5, 0.6) is 0 Å². The summed E-state index contributed by atoms with van der Waals surface area (Å²) in [5.41, 5.74) is 6.74. The molecule has 0 radical (unpaired) electrons. The minimum absolute atomic E-state index is 0.0340. The fraction of sp³-hybridized carbons (Fsp3) is 0.333. The molecule has 3 N–H and O–H groups in total. The van der Waals surface area contributed by atoms with Crippen LogP contribution in [0.4, 0.5) is 4.79 Å². The summed E-state index contributed by atoms with van der Waals surface area (Å²) in [5.74, 6) is -3.42. The lowest BCUT2D eigenvalue weighted by atomic mass is 9.95. The number of alkyl halides is 1. The van der Waals surface area contributed by atoms with Crippen LogP contribution < -0.4 is 10.7 Å². The van der Waals surface area contributed by atoms with Gasteiger partial charge in [0.25, 0.3) is 0 Å². The predicted molar refractivity (Wildman–Crippen MR) is 158 cm³/mol. The molecule has 0 bridgehead atoms. The number of carbonyl (C=O) groups excluding carboxylic acids is 3. The molecule has 2 aliphatic carbocycles. The van der Waals surface area contributed by atoms with Crippen LogP contribution in [-0.2, 0) is 19.1 Å². The highest BCUT2D eigenvalue weighted by atomic mass is 127. The van der Waals surface area contributed by atoms with Gasteiger partial charge >= 0.3 is 12.1 Å². The molecule has 0 fully saturated rings. The minimum atomic E-state index is -1.25. The topological polar surface area (TPSA) is 125 Å². The number of nitrogens with one attached hydrogen (secondary N) is 2. The first-order chi connectivity index (χ1) is 19.0. The molecule has 2 aromatic carbocycles. The van der Waals surface area contributed by atoms with Gasteiger partial charge in [0.05, 0.1) is 0 Å². The Bertz CT molecular complexity index is 1330. The van der Waals surface area contributed by atoms with Crippen LogP contribution in [0.15, 0.2) is 72.8 Å². The normalized spacial score (nSPS) is 19.9. The van der Waals surface area contributed by atoms with Crippen LogP contribution in [0.2, 0.25) is 0 Å². The zero-order valence-corrected chi connectivity index (χ0v) is 24.6. The Hall–Kier alpha value is -3.67. The number of hydrogen-bond acceptors (Lipinski definition) is 5. The number of nitrogens with zero attached hydrogens (tertiary/aromatic N) is 1. The molecule has 0 aromatic heterocycles. The Morgan fingerprint density at radius 2 is 1.60 bits per heavy atom. The van der Waals surface area contributed by atoms with Gasteiger partial charge in [0.2, 0.25) is 11.8 Å². The molecule has 0 heterocycles. The van der Waals surface area contributed by atoms with Crippen molar-refractivity contribution in [2.24, 2.45) is 11.8 Å². The van der Waals surface area contributed by atoms with Gasteiger partial charge in [0, 0.05) is 12.3 Å². The van der Waals surface area contributed by atoms with E-state index in [1.807, 2.05) is 85.0 Å². The standard InChI is InChI=1S/C30H32IN3O6/c1-18(2)16-26(35)34(19(3)27(36)32-30(31)15-9-8-14-25(30)28(37)38)33-29(39)40-17-24-22-12-6-4-10-20(22)21-11-5-7-13-23(21)24/h4-15,18-19,24-25H,16-17H2,1-3H3,(H,32,36)(H,33,39)(H,37,38)/t19-,25-,30?/m0/s1. The molecule has 9 nitrogen and oxygen atoms in total. The number of hydrazine groups is 1. The molecule has 0 spiro atoms. The highest BCUT2D eigenvalue weighted by Gasteiger charge is 2.42. The van der Waals surface area contributed by atoms with Crippen molar-refractivity contribution in [3.05, 3.63) is 84.0 Å². The lowest BCUT2D eigenvalue weighted by Crippen LogP contribution is -2.60. The number of hydrogen-bond donors (Lipinski definition) is 3. The molecule has 0 saturated carbocycles. The van der Waals surface area contributed by atoms with Crippen LogP contribution in [0, 0.1) is 11.8 Å². The van der Waals surface area contributed by atoms with E-state index in [1.54, 1.807) is 18.2 Å². The number of fused-ring (bicyclic) bond motifs is 3. The maximum atomic E-state index is 13.3. The van der Waals surface area contributed by atoms with Crippen molar-refractivity contribution in [3.8, 4) is 11.1 Å². The number of aliphatic carboxylic acids is 1. The fourth-order valence-electron chi connectivity index (χ4n) is 4.96. The van der Waals surface area contributed by atoms with Crippen molar-refractivity contribution in [1.29, 1.82) is 0 Å². The first kappa shape index (κ1) is 29.3. The molecule has 40 heavy (non-hydrogen) atoms. The molecule has 3 atom stereocenters. The predicted octanol–water partition coefficient (Wildman–Crippen LogP) is 4.78. The molecule has 10 heteroatoms. The SMILES string of the molecule is CC(C)CC(=O)N(NC(=O)OCC1c2ccccc2-c2ccccc21)[C@@H](C)C(=O)NC1(I)C=CC=C[C@H]1C(=O)O. The van der Waals surface area contributed by atoms with E-state index in [1.165, 1.54) is 13.0 Å². The van der Waals surface area contributed by atoms with Crippen LogP contribution >= 0.6 is 22.6 Å². The molecular formula is C30H32IN3O6. The number of carbonyl (C=O) groups is 4. The van der Waals surface area contributed by atoms with Gasteiger partial charge in [-0.3, -0.25) is 14.4 Å². The quantitative estimate of drug-likeness (QED) is 0.163. The Morgan fingerprint density at radius 3 is 2.17 bits per heavy atom. The van der Waals surface area contributed by atoms with Crippen molar-refractivity contribution in [3.63, 3.8) is 0 Å². The number of carboxylic acid groups (broad SMARTS) is 1. The van der Waals surface area contributed by atoms with Gasteiger partial charge in [-0.25, -0.2) is 15.2 Å². The first-order valence-corrected chi connectivity index (χ1v) is 14.1. The number of benzene rings is 2. The lowest BCUT2D eigenvalue weighted by Gasteiger charge is -2.35. The Labute approximate surface area is 246 Å². The molecule has 1 unspecified atom stereocenters. The Kier molecular flexibility index (Phi) is 8.97. The second-order valence-electron chi connectivity index (χ2n) is 10.3. The van der Waals surface area contributed by atoms with E-state index in [0.717, 1.165) is 27.3 Å². The van der Waals surface area contributed by atoms with Crippen molar-refractivity contribution in [2.45, 2.75) is 42.7 Å². The third-order valence-electron chi connectivity index (χ3n) is 6.96. The van der Waals surface area contributed by atoms with Gasteiger partial charge in [-0.05, 0) is 63.8 Å². The zero-order valence-electron chi connectivity index (χ0n) is 22.5. The van der Waals surface area contributed by atoms with E-state index in [0.29, 0.717) is 0 Å². The monoisotopic (exact) mass is 657 g/mol. The van der Waals surface area contributed by atoms with E-state index in [9.17, 15) is 24.3 Å². The molecular weight excluding hydrogens is 625 g/mol. The summed E-state index contributed by atoms with van der Waals surface area (Å²) in [6.07, 6.45) is 5.52. The summed E-state index contributed by atoms with van der Waals surface area (Å²) in [6, 6.07) is 14.7. The van der Waals surface area contributed by atoms with E-state index in [-0.39, 0.29) is 24.9 Å². The maximum Gasteiger partial charge on any atom is 0.426 e. The summed E-state index contributed by atoms with van der Waals surface area (Å²) in [4.78, 5) is 51.2. The second-order valence-corrected chi connectivity index (χ2v) is 12.1. The summed E-state index contributed by atoms with van der Waals surface area (Å²) >= 11 is 1.87. The molecule has 210 valence electrons. The summed E-state index contributed by atoms with van der Waals surface area (Å²) in [5, 5.41) is 13.3. The van der Waals surface area contributed by atoms with E-state index < -0.39 is 39.4 Å². The summed E-state index contributed by atoms with van der Waals surface area (Å²) in [6.45, 7) is 5.21. The number of amides is 3. The van der Waals surface area contributed by atoms with Crippen molar-refractivity contribution >= 4 is 46.5 Å². The number of ether oxygens (including phenoxy) is 1. The second kappa shape index (κ2) is 12.2. The molecule has 3 amide bonds. The highest BCUT2D eigenvalue weighted by molar-refractivity contribution is 14.1. The van der Waals surface area contributed by atoms with Crippen molar-refractivity contribution in [2.75, 3.05) is 6.61 Å². The number of halogens is 1. The van der Waals surface area contributed by atoms with Crippen LogP contribution in [0.3, 0.4) is 0 Å². The van der Waals surface area contributed by atoms with E-state index >= 15 is 0 Å². The minimum Gasteiger partial charge on any atom is -0.481 e. The molecule has 2 aliphatic rings. The lowest BCUT2D eigenvalue weighted by molar-refractivity contribution is -0.145. The van der Waals surface area contributed by atoms with Gasteiger partial charge in [-0.1, -0.05) is 80.6 Å². The third kappa shape index (κ3) is 6.22. The third-order valence-corrected chi connectivity index (χ3v) is 8.26. The molecule has 2 aromatic rings. The zero-order chi connectivity index (χ0) is 29.0. The van der Waals surface area contributed by atoms with E-state index in [4.69, 9.17) is 4.74 Å². The Morgan fingerprint density at radius 1 is 1.00 bits per heavy atom. The van der Waals surface area contributed by atoms with E-state index in [2.05, 4.69) is 10.7 Å². The van der Waals surface area contributed by atoms with Gasteiger partial charge in [0.1, 0.15) is 22.1 Å². The maximum absolute atomic E-state index is 13.3. The average molecular weight is 658 g/mol. The molecule has 0 saturated heterocycles. The first-order valence-electron chi connectivity index (χ1n) is 13.0. The number of rotatable bonds is 8. The van der Waals surface area contributed by atoms with Crippen LogP contribution in [-0.4, -0.2) is 50.2 Å². The van der Waals surface area contributed by atoms with Crippen molar-refractivity contribution in [1.82, 2.24) is 15.8 Å². The smallest absolute Gasteiger partial charge is 0.426 e. The number of allylic oxidation sites excluding steroid dienone is 2. The van der Waals surface area contributed by atoms with Gasteiger partial charge in [-0.15, -0.1) is 0 Å². The van der Waals surface area contributed by atoms with Crippen LogP contribution in [0.1, 0.15) is 44.2 Å². The largest absolute Gasteiger partial charge is 0.481 e. The molecule has 0 aliphatic heterocycles. The van der Waals surface area contributed by atoms with Gasteiger partial charge in [0.15, 0.2) is 0 Å². The average Bonchev–Trinajstić information content (AvgIpc) is 3.23. The van der Waals surface area contributed by atoms with Gasteiger partial charge in [-0.2, -0.15) is 0 Å². The summed E-state index contributed by atoms with van der Waals surface area (Å²) in [7, 11) is 0. The summed E-state index contributed by atoms with van der Waals surface area (Å²) < 4.78 is 4.35. The van der Waals surface area contributed by atoms with Crippen molar-refractivity contribution < 1.29 is 29.0 Å². The fourth-order valence-corrected chi connectivity index (χ4v) is 5.91. The Balaban J connectivity index is 1.47. The highest BCUT2D eigenvalue weighted by Crippen LogP contribution is 2.44. The van der Waals surface area contributed by atoms with Crippen LogP contribution in [0.25, 0.3) is 11.1 Å².